The number of hydrogen-bond donors (Lipinski definition) is 4. The number of fused-ring (bicyclic) bond motifs is 1. The molecule has 0 radical (unpaired) electrons. The quantitative estimate of drug-likeness (QED) is 0.237. The van der Waals surface area contributed by atoms with Gasteiger partial charge in [-0.1, -0.05) is 64.4 Å². The topological polar surface area (TPSA) is 171 Å². The normalized spacial score (nSPS) is 22.7. The third kappa shape index (κ3) is 9.03. The second-order valence-corrected chi connectivity index (χ2v) is 13.5. The Kier molecular flexibility index (Phi) is 12.3. The minimum absolute atomic E-state index is 0.0527. The number of likely N-dealkylation sites (tertiary alicyclic amines) is 1. The molecule has 46 heavy (non-hydrogen) atoms. The molecule has 0 spiro atoms. The Morgan fingerprint density at radius 1 is 0.978 bits per heavy atom. The lowest BCUT2D eigenvalue weighted by Crippen LogP contribution is -2.60. The second kappa shape index (κ2) is 15.5. The molecule has 1 unspecified atom stereocenters. The number of nitrogens with zero attached hydrogens (tertiary/aromatic N) is 1. The summed E-state index contributed by atoms with van der Waals surface area (Å²) in [5, 5.41) is 17.2. The van der Waals surface area contributed by atoms with E-state index in [1.165, 1.54) is 4.90 Å². The van der Waals surface area contributed by atoms with Crippen LogP contribution in [0.5, 0.6) is 0 Å². The predicted octanol–water partition coefficient (Wildman–Crippen LogP) is 2.78. The second-order valence-electron chi connectivity index (χ2n) is 13.5. The number of rotatable bonds is 13. The number of nitrogens with one attached hydrogen (secondary N) is 3. The van der Waals surface area contributed by atoms with E-state index in [2.05, 4.69) is 16.0 Å². The molecule has 1 saturated heterocycles. The first-order valence-electron chi connectivity index (χ1n) is 15.9. The first kappa shape index (κ1) is 36.4. The maximum atomic E-state index is 15.0. The van der Waals surface area contributed by atoms with Crippen molar-refractivity contribution in [2.75, 3.05) is 6.54 Å². The van der Waals surface area contributed by atoms with Crippen LogP contribution < -0.4 is 16.0 Å². The summed E-state index contributed by atoms with van der Waals surface area (Å²) in [4.78, 5) is 79.9. The third-order valence-electron chi connectivity index (χ3n) is 8.53. The number of amides is 4. The number of carboxylic acids is 1. The summed E-state index contributed by atoms with van der Waals surface area (Å²) in [6.07, 6.45) is -1.51. The van der Waals surface area contributed by atoms with Gasteiger partial charge in [0.2, 0.25) is 17.6 Å². The Morgan fingerprint density at radius 3 is 2.20 bits per heavy atom. The van der Waals surface area contributed by atoms with E-state index >= 15 is 0 Å². The smallest absolute Gasteiger partial charge is 0.408 e. The highest BCUT2D eigenvalue weighted by atomic mass is 19.1. The Morgan fingerprint density at radius 2 is 1.63 bits per heavy atom. The van der Waals surface area contributed by atoms with Gasteiger partial charge >= 0.3 is 12.1 Å². The number of benzene rings is 1. The van der Waals surface area contributed by atoms with E-state index in [1.807, 2.05) is 0 Å². The first-order chi connectivity index (χ1) is 21.5. The van der Waals surface area contributed by atoms with Crippen molar-refractivity contribution in [3.63, 3.8) is 0 Å². The summed E-state index contributed by atoms with van der Waals surface area (Å²) in [5.41, 5.74) is -0.162. The molecule has 2 fully saturated rings. The molecule has 1 aliphatic heterocycles. The number of alkyl halides is 1. The van der Waals surface area contributed by atoms with Gasteiger partial charge in [0, 0.05) is 18.9 Å². The van der Waals surface area contributed by atoms with Crippen LogP contribution in [-0.2, 0) is 35.1 Å². The molecular weight excluding hydrogens is 599 g/mol. The lowest BCUT2D eigenvalue weighted by atomic mass is 9.85. The Hall–Kier alpha value is -4.03. The van der Waals surface area contributed by atoms with Crippen LogP contribution in [-0.4, -0.2) is 88.6 Å². The van der Waals surface area contributed by atoms with Crippen molar-refractivity contribution in [3.8, 4) is 0 Å². The Bertz CT molecular complexity index is 1280. The number of carbonyl (C=O) groups is 6. The van der Waals surface area contributed by atoms with E-state index in [0.29, 0.717) is 18.4 Å². The summed E-state index contributed by atoms with van der Waals surface area (Å²) in [6.45, 7) is 10.3. The summed E-state index contributed by atoms with van der Waals surface area (Å²) >= 11 is 0. The molecule has 0 aromatic heterocycles. The van der Waals surface area contributed by atoms with Crippen LogP contribution >= 0.6 is 0 Å². The number of hydrogen-bond acceptors (Lipinski definition) is 7. The van der Waals surface area contributed by atoms with Gasteiger partial charge in [0.15, 0.2) is 0 Å². The highest BCUT2D eigenvalue weighted by Crippen LogP contribution is 2.44. The molecule has 1 aliphatic carbocycles. The van der Waals surface area contributed by atoms with Crippen LogP contribution in [0.3, 0.4) is 0 Å². The van der Waals surface area contributed by atoms with Crippen LogP contribution in [0.4, 0.5) is 9.18 Å². The number of carbonyl (C=O) groups excluding carboxylic acids is 5. The van der Waals surface area contributed by atoms with Gasteiger partial charge in [-0.25, -0.2) is 14.0 Å². The fourth-order valence-electron chi connectivity index (χ4n) is 6.26. The van der Waals surface area contributed by atoms with Gasteiger partial charge in [0.05, 0.1) is 12.1 Å². The molecule has 3 rings (SSSR count). The molecular formula is C33H47FN4O8. The molecule has 12 nitrogen and oxygen atoms in total. The maximum absolute atomic E-state index is 15.0. The molecule has 4 amide bonds. The zero-order valence-electron chi connectivity index (χ0n) is 27.4. The fraction of sp³-hybridized carbons (Fsp3) is 0.636. The van der Waals surface area contributed by atoms with Crippen LogP contribution in [0.15, 0.2) is 30.3 Å². The number of alkyl carbamates (subject to hydrolysis) is 1. The first-order valence-corrected chi connectivity index (χ1v) is 15.9. The fourth-order valence-corrected chi connectivity index (χ4v) is 6.26. The molecule has 254 valence electrons. The molecule has 7 atom stereocenters. The van der Waals surface area contributed by atoms with Crippen molar-refractivity contribution in [3.05, 3.63) is 35.9 Å². The van der Waals surface area contributed by atoms with Gasteiger partial charge in [-0.15, -0.1) is 0 Å². The minimum Gasteiger partial charge on any atom is -0.480 e. The van der Waals surface area contributed by atoms with Crippen LogP contribution in [0, 0.1) is 17.3 Å². The molecule has 1 heterocycles. The van der Waals surface area contributed by atoms with Crippen LogP contribution in [0.25, 0.3) is 0 Å². The summed E-state index contributed by atoms with van der Waals surface area (Å²) < 4.78 is 20.2. The summed E-state index contributed by atoms with van der Waals surface area (Å²) in [7, 11) is 0. The molecule has 1 aromatic carbocycles. The predicted molar refractivity (Wildman–Crippen MR) is 166 cm³/mol. The van der Waals surface area contributed by atoms with Crippen molar-refractivity contribution < 1.29 is 43.0 Å². The van der Waals surface area contributed by atoms with E-state index in [1.54, 1.807) is 71.9 Å². The van der Waals surface area contributed by atoms with Crippen molar-refractivity contribution in [1.29, 1.82) is 0 Å². The van der Waals surface area contributed by atoms with E-state index in [-0.39, 0.29) is 25.8 Å². The molecule has 2 aliphatic rings. The lowest BCUT2D eigenvalue weighted by Gasteiger charge is -2.36. The van der Waals surface area contributed by atoms with Crippen LogP contribution in [0.2, 0.25) is 0 Å². The molecule has 13 heteroatoms. The van der Waals surface area contributed by atoms with Crippen molar-refractivity contribution in [2.24, 2.45) is 17.3 Å². The standard InChI is InChI=1S/C33H47FN4O8/c1-7-11-23(26(39)29(41)36-24(31(43)44)16-19-12-9-8-10-13-19)35-28(40)25-20-14-15-22(34)21(20)17-38(25)30(42)27(33(4,5)6)37-32(45)46-18(2)3/h8-10,12-13,18,20-25,27H,7,11,14-17H2,1-6H3,(H,35,40)(H,36,41)(H,37,45)(H,43,44)/t20-,21-,22-,23?,24+,25-,27+/m0/s1. The van der Waals surface area contributed by atoms with Crippen molar-refractivity contribution >= 4 is 35.6 Å². The summed E-state index contributed by atoms with van der Waals surface area (Å²) in [6, 6.07) is 3.66. The number of ether oxygens (including phenoxy) is 1. The van der Waals surface area contributed by atoms with E-state index in [9.17, 15) is 38.3 Å². The van der Waals surface area contributed by atoms with Gasteiger partial charge in [0.25, 0.3) is 5.91 Å². The minimum atomic E-state index is -1.38. The number of aliphatic carboxylic acids is 1. The monoisotopic (exact) mass is 646 g/mol. The third-order valence-corrected chi connectivity index (χ3v) is 8.53. The number of carboxylic acid groups (broad SMARTS) is 1. The van der Waals surface area contributed by atoms with E-state index in [0.717, 1.165) is 0 Å². The Balaban J connectivity index is 1.82. The highest BCUT2D eigenvalue weighted by molar-refractivity contribution is 6.38. The SMILES string of the molecule is CCCC(NC(=O)[C@@H]1[C@H]2CC[C@H](F)[C@H]2CN1C(=O)[C@@H](NC(=O)OC(C)C)C(C)(C)C)C(=O)C(=O)N[C@H](Cc1ccccc1)C(=O)O. The molecule has 4 N–H and O–H groups in total. The van der Waals surface area contributed by atoms with E-state index < -0.39 is 89.3 Å². The van der Waals surface area contributed by atoms with Gasteiger partial charge < -0.3 is 30.7 Å². The Labute approximate surface area is 269 Å². The maximum Gasteiger partial charge on any atom is 0.408 e. The molecule has 0 bridgehead atoms. The van der Waals surface area contributed by atoms with Gasteiger partial charge in [-0.2, -0.15) is 0 Å². The molecule has 1 saturated carbocycles. The number of ketones is 1. The van der Waals surface area contributed by atoms with E-state index in [4.69, 9.17) is 4.74 Å². The van der Waals surface area contributed by atoms with Gasteiger partial charge in [-0.05, 0) is 50.0 Å². The number of halogens is 1. The molecule has 1 aromatic rings. The average molecular weight is 647 g/mol. The number of Topliss-reactive ketones (excluding diaryl/α,β-unsaturated/α-hetero) is 1. The van der Waals surface area contributed by atoms with Crippen molar-refractivity contribution in [1.82, 2.24) is 20.9 Å². The zero-order valence-corrected chi connectivity index (χ0v) is 27.4. The van der Waals surface area contributed by atoms with Crippen molar-refractivity contribution in [2.45, 2.75) is 110 Å². The highest BCUT2D eigenvalue weighted by Gasteiger charge is 2.55. The largest absolute Gasteiger partial charge is 0.480 e. The average Bonchev–Trinajstić information content (AvgIpc) is 3.53. The van der Waals surface area contributed by atoms with Gasteiger partial charge in [0.1, 0.15) is 24.3 Å². The van der Waals surface area contributed by atoms with Crippen LogP contribution in [0.1, 0.15) is 72.8 Å². The zero-order chi connectivity index (χ0) is 34.3. The van der Waals surface area contributed by atoms with Gasteiger partial charge in [-0.3, -0.25) is 19.2 Å². The summed E-state index contributed by atoms with van der Waals surface area (Å²) in [5.74, 6) is -5.96. The lowest BCUT2D eigenvalue weighted by molar-refractivity contribution is -0.146.